The molecular weight excluding hydrogens is 382 g/mol. The fourth-order valence-electron chi connectivity index (χ4n) is 5.69. The van der Waals surface area contributed by atoms with Crippen molar-refractivity contribution in [1.29, 1.82) is 0 Å². The molecule has 7 heteroatoms. The summed E-state index contributed by atoms with van der Waals surface area (Å²) in [6.07, 6.45) is 2.75. The molecule has 1 N–H and O–H groups in total. The minimum Gasteiger partial charge on any atom is -0.448 e. The summed E-state index contributed by atoms with van der Waals surface area (Å²) in [7, 11) is 0. The van der Waals surface area contributed by atoms with E-state index in [1.807, 2.05) is 24.0 Å². The molecule has 0 aromatic heterocycles. The topological polar surface area (TPSA) is 79.0 Å². The Balaban J connectivity index is 1.48. The first kappa shape index (κ1) is 20.7. The highest BCUT2D eigenvalue weighted by Gasteiger charge is 2.51. The molecule has 4 rings (SSSR count). The van der Waals surface area contributed by atoms with Crippen molar-refractivity contribution in [3.8, 4) is 0 Å². The highest BCUT2D eigenvalue weighted by molar-refractivity contribution is 5.99. The van der Waals surface area contributed by atoms with Gasteiger partial charge in [-0.15, -0.1) is 0 Å². The third kappa shape index (κ3) is 4.02. The highest BCUT2D eigenvalue weighted by atomic mass is 16.6. The Kier molecular flexibility index (Phi) is 5.03. The van der Waals surface area contributed by atoms with E-state index in [1.165, 1.54) is 4.90 Å². The van der Waals surface area contributed by atoms with Gasteiger partial charge in [0.15, 0.2) is 0 Å². The Bertz CT molecular complexity index is 896. The lowest BCUT2D eigenvalue weighted by Gasteiger charge is -2.39. The SMILES string of the molecule is Cc1ccc(C(=O)N2C[C@]3(C)C[C@H]2CC(C)(C)C3)cc1NC(=O)CN1CCOC1=O. The lowest BCUT2D eigenvalue weighted by Crippen LogP contribution is -2.37. The molecule has 1 aliphatic carbocycles. The zero-order valence-electron chi connectivity index (χ0n) is 18.3. The highest BCUT2D eigenvalue weighted by Crippen LogP contribution is 2.52. The Morgan fingerprint density at radius 1 is 1.23 bits per heavy atom. The Hall–Kier alpha value is -2.57. The monoisotopic (exact) mass is 413 g/mol. The number of hydrogen-bond acceptors (Lipinski definition) is 4. The molecule has 30 heavy (non-hydrogen) atoms. The number of cyclic esters (lactones) is 1. The minimum absolute atomic E-state index is 0.0278. The first-order valence-corrected chi connectivity index (χ1v) is 10.7. The largest absolute Gasteiger partial charge is 0.448 e. The molecule has 7 nitrogen and oxygen atoms in total. The van der Waals surface area contributed by atoms with E-state index >= 15 is 0 Å². The Labute approximate surface area is 177 Å². The number of amides is 3. The second kappa shape index (κ2) is 7.29. The molecule has 0 spiro atoms. The fourth-order valence-corrected chi connectivity index (χ4v) is 5.69. The average molecular weight is 414 g/mol. The standard InChI is InChI=1S/C23H31N3O4/c1-15-5-6-16(9-18(15)24-19(27)12-25-7-8-30-21(25)29)20(28)26-14-23(4)11-17(26)10-22(2,3)13-23/h5-6,9,17H,7-8,10-14H2,1-4H3,(H,24,27)/t17-,23-/m1/s1. The third-order valence-corrected chi connectivity index (χ3v) is 6.61. The molecule has 1 aromatic carbocycles. The number of aryl methyl sites for hydroxylation is 1. The van der Waals surface area contributed by atoms with Crippen molar-refractivity contribution in [2.75, 3.05) is 31.6 Å². The second-order valence-corrected chi connectivity index (χ2v) is 10.3. The van der Waals surface area contributed by atoms with E-state index in [0.29, 0.717) is 24.4 Å². The maximum absolute atomic E-state index is 13.4. The van der Waals surface area contributed by atoms with Gasteiger partial charge in [0.1, 0.15) is 13.2 Å². The van der Waals surface area contributed by atoms with E-state index < -0.39 is 6.09 Å². The maximum Gasteiger partial charge on any atom is 0.410 e. The van der Waals surface area contributed by atoms with Gasteiger partial charge in [0, 0.05) is 23.8 Å². The number of nitrogens with zero attached hydrogens (tertiary/aromatic N) is 2. The van der Waals surface area contributed by atoms with Crippen molar-refractivity contribution in [2.24, 2.45) is 10.8 Å². The molecule has 2 aliphatic heterocycles. The van der Waals surface area contributed by atoms with Crippen LogP contribution in [0.25, 0.3) is 0 Å². The predicted octanol–water partition coefficient (Wildman–Crippen LogP) is 3.43. The van der Waals surface area contributed by atoms with Crippen LogP contribution in [0.5, 0.6) is 0 Å². The van der Waals surface area contributed by atoms with E-state index in [9.17, 15) is 14.4 Å². The van der Waals surface area contributed by atoms with Crippen LogP contribution in [0.2, 0.25) is 0 Å². The van der Waals surface area contributed by atoms with Crippen LogP contribution in [0.4, 0.5) is 10.5 Å². The average Bonchev–Trinajstić information content (AvgIpc) is 3.15. The number of benzene rings is 1. The van der Waals surface area contributed by atoms with Crippen LogP contribution in [0.1, 0.15) is 56.0 Å². The molecular formula is C23H31N3O4. The molecule has 2 bridgehead atoms. The first-order valence-electron chi connectivity index (χ1n) is 10.7. The number of nitrogens with one attached hydrogen (secondary N) is 1. The number of hydrogen-bond donors (Lipinski definition) is 1. The van der Waals surface area contributed by atoms with E-state index in [1.54, 1.807) is 6.07 Å². The number of anilines is 1. The van der Waals surface area contributed by atoms with Gasteiger partial charge in [-0.2, -0.15) is 0 Å². The lowest BCUT2D eigenvalue weighted by molar-refractivity contribution is -0.116. The summed E-state index contributed by atoms with van der Waals surface area (Å²) in [4.78, 5) is 40.7. The van der Waals surface area contributed by atoms with Crippen LogP contribution in [0.15, 0.2) is 18.2 Å². The van der Waals surface area contributed by atoms with Crippen LogP contribution in [-0.4, -0.2) is 60.0 Å². The number of rotatable bonds is 4. The number of likely N-dealkylation sites (tertiary alicyclic amines) is 1. The van der Waals surface area contributed by atoms with Gasteiger partial charge in [-0.05, 0) is 54.7 Å². The molecule has 162 valence electrons. The van der Waals surface area contributed by atoms with Crippen LogP contribution in [-0.2, 0) is 9.53 Å². The van der Waals surface area contributed by atoms with Crippen molar-refractivity contribution in [3.63, 3.8) is 0 Å². The van der Waals surface area contributed by atoms with Crippen LogP contribution in [0, 0.1) is 17.8 Å². The molecule has 3 aliphatic rings. The van der Waals surface area contributed by atoms with Gasteiger partial charge in [0.05, 0.1) is 6.54 Å². The molecule has 2 saturated heterocycles. The molecule has 0 radical (unpaired) electrons. The Morgan fingerprint density at radius 2 is 2.00 bits per heavy atom. The normalized spacial score (nSPS) is 27.2. The van der Waals surface area contributed by atoms with E-state index in [-0.39, 0.29) is 35.2 Å². The number of fused-ring (bicyclic) bond motifs is 2. The van der Waals surface area contributed by atoms with E-state index in [0.717, 1.165) is 31.4 Å². The summed E-state index contributed by atoms with van der Waals surface area (Å²) in [6.45, 7) is 10.2. The van der Waals surface area contributed by atoms with Gasteiger partial charge < -0.3 is 15.0 Å². The summed E-state index contributed by atoms with van der Waals surface area (Å²) in [6, 6.07) is 5.72. The van der Waals surface area contributed by atoms with Gasteiger partial charge in [0.2, 0.25) is 5.91 Å². The van der Waals surface area contributed by atoms with Gasteiger partial charge in [-0.25, -0.2) is 4.79 Å². The molecule has 2 atom stereocenters. The van der Waals surface area contributed by atoms with E-state index in [4.69, 9.17) is 4.74 Å². The summed E-state index contributed by atoms with van der Waals surface area (Å²) in [5.41, 5.74) is 2.49. The predicted molar refractivity (Wildman–Crippen MR) is 113 cm³/mol. The van der Waals surface area contributed by atoms with Crippen molar-refractivity contribution in [3.05, 3.63) is 29.3 Å². The number of carbonyl (C=O) groups excluding carboxylic acids is 3. The quantitative estimate of drug-likeness (QED) is 0.820. The van der Waals surface area contributed by atoms with Gasteiger partial charge in [0.25, 0.3) is 5.91 Å². The van der Waals surface area contributed by atoms with Crippen molar-refractivity contribution < 1.29 is 19.1 Å². The smallest absolute Gasteiger partial charge is 0.410 e. The molecule has 1 saturated carbocycles. The van der Waals surface area contributed by atoms with Crippen molar-refractivity contribution in [1.82, 2.24) is 9.80 Å². The summed E-state index contributed by atoms with van der Waals surface area (Å²) in [5.74, 6) is -0.270. The zero-order chi connectivity index (χ0) is 21.7. The zero-order valence-corrected chi connectivity index (χ0v) is 18.3. The van der Waals surface area contributed by atoms with Crippen molar-refractivity contribution in [2.45, 2.75) is 53.0 Å². The van der Waals surface area contributed by atoms with Gasteiger partial charge in [-0.1, -0.05) is 26.8 Å². The maximum atomic E-state index is 13.4. The fraction of sp³-hybridized carbons (Fsp3) is 0.609. The lowest BCUT2D eigenvalue weighted by atomic mass is 9.65. The summed E-state index contributed by atoms with van der Waals surface area (Å²) < 4.78 is 4.86. The Morgan fingerprint density at radius 3 is 2.70 bits per heavy atom. The first-order chi connectivity index (χ1) is 14.1. The van der Waals surface area contributed by atoms with Crippen LogP contribution < -0.4 is 5.32 Å². The third-order valence-electron chi connectivity index (χ3n) is 6.61. The van der Waals surface area contributed by atoms with Gasteiger partial charge >= 0.3 is 6.09 Å². The molecule has 3 amide bonds. The van der Waals surface area contributed by atoms with E-state index in [2.05, 4.69) is 26.1 Å². The summed E-state index contributed by atoms with van der Waals surface area (Å²) in [5, 5.41) is 2.85. The van der Waals surface area contributed by atoms with Crippen LogP contribution >= 0.6 is 0 Å². The van der Waals surface area contributed by atoms with Crippen LogP contribution in [0.3, 0.4) is 0 Å². The second-order valence-electron chi connectivity index (χ2n) is 10.3. The molecule has 3 fully saturated rings. The molecule has 0 unspecified atom stereocenters. The number of ether oxygens (including phenoxy) is 1. The van der Waals surface area contributed by atoms with Gasteiger partial charge in [-0.3, -0.25) is 14.5 Å². The summed E-state index contributed by atoms with van der Waals surface area (Å²) >= 11 is 0. The minimum atomic E-state index is -0.470. The molecule has 2 heterocycles. The molecule has 1 aromatic rings. The number of carbonyl (C=O) groups is 3. The van der Waals surface area contributed by atoms with Crippen molar-refractivity contribution >= 4 is 23.6 Å².